The maximum atomic E-state index is 13.8. The maximum Gasteiger partial charge on any atom is 0.165 e. The molecular weight excluding hydrogens is 394 g/mol. The minimum absolute atomic E-state index is 0.228. The molecule has 0 amide bonds. The molecule has 3 nitrogen and oxygen atoms in total. The molecule has 0 aliphatic heterocycles. The number of rotatable bonds is 16. The molecule has 1 heterocycles. The predicted molar refractivity (Wildman–Crippen MR) is 124 cm³/mol. The average Bonchev–Trinajstić information content (AvgIpc) is 2.81. The average molecular weight is 433 g/mol. The molecule has 1 aromatic carbocycles. The summed E-state index contributed by atoms with van der Waals surface area (Å²) >= 11 is 0. The van der Waals surface area contributed by atoms with Crippen LogP contribution in [0.15, 0.2) is 36.7 Å². The van der Waals surface area contributed by atoms with Crippen LogP contribution in [0.2, 0.25) is 0 Å². The third kappa shape index (κ3) is 9.75. The largest absolute Gasteiger partial charge is 0.487 e. The van der Waals surface area contributed by atoms with Crippen molar-refractivity contribution in [3.05, 3.63) is 42.2 Å². The number of unbranched alkanes of at least 4 members (excludes halogenated alkanes) is 7. The lowest BCUT2D eigenvalue weighted by Gasteiger charge is -2.14. The van der Waals surface area contributed by atoms with E-state index < -0.39 is 12.3 Å². The van der Waals surface area contributed by atoms with Crippen LogP contribution < -0.4 is 4.74 Å². The number of aryl methyl sites for hydroxylation is 1. The smallest absolute Gasteiger partial charge is 0.165 e. The summed E-state index contributed by atoms with van der Waals surface area (Å²) in [6, 6.07) is 8.33. The van der Waals surface area contributed by atoms with Gasteiger partial charge in [0.05, 0.1) is 12.4 Å². The van der Waals surface area contributed by atoms with Crippen molar-refractivity contribution >= 4 is 0 Å². The third-order valence-corrected chi connectivity index (χ3v) is 5.54. The molecule has 0 radical (unpaired) electrons. The van der Waals surface area contributed by atoms with Gasteiger partial charge in [-0.3, -0.25) is 0 Å². The maximum absolute atomic E-state index is 13.8. The van der Waals surface area contributed by atoms with Crippen LogP contribution in [0.5, 0.6) is 5.75 Å². The minimum Gasteiger partial charge on any atom is -0.487 e. The quantitative estimate of drug-likeness (QED) is 0.255. The van der Waals surface area contributed by atoms with Gasteiger partial charge in [-0.05, 0) is 24.8 Å². The molecule has 2 rings (SSSR count). The Hall–Kier alpha value is -2.04. The van der Waals surface area contributed by atoms with Crippen LogP contribution in [0.3, 0.4) is 0 Å². The first-order valence-corrected chi connectivity index (χ1v) is 12.0. The molecule has 2 atom stereocenters. The van der Waals surface area contributed by atoms with Crippen molar-refractivity contribution in [2.24, 2.45) is 0 Å². The van der Waals surface area contributed by atoms with Gasteiger partial charge in [0.15, 0.2) is 17.7 Å². The highest BCUT2D eigenvalue weighted by Crippen LogP contribution is 2.20. The van der Waals surface area contributed by atoms with Crippen LogP contribution in [-0.2, 0) is 6.42 Å². The van der Waals surface area contributed by atoms with Crippen molar-refractivity contribution in [2.45, 2.75) is 96.8 Å². The van der Waals surface area contributed by atoms with Crippen molar-refractivity contribution < 1.29 is 13.5 Å². The number of ether oxygens (including phenoxy) is 1. The molecule has 0 bridgehead atoms. The van der Waals surface area contributed by atoms with Crippen LogP contribution in [0, 0.1) is 0 Å². The van der Waals surface area contributed by atoms with Gasteiger partial charge in [0, 0.05) is 5.56 Å². The molecule has 1 aromatic heterocycles. The fourth-order valence-electron chi connectivity index (χ4n) is 3.51. The van der Waals surface area contributed by atoms with Gasteiger partial charge in [0.25, 0.3) is 0 Å². The Bertz CT molecular complexity index is 706. The normalized spacial score (nSPS) is 13.2. The molecule has 0 saturated heterocycles. The van der Waals surface area contributed by atoms with Crippen LogP contribution in [0.1, 0.15) is 83.6 Å². The van der Waals surface area contributed by atoms with Gasteiger partial charge < -0.3 is 4.74 Å². The molecule has 2 unspecified atom stereocenters. The molecule has 172 valence electrons. The molecule has 0 aliphatic carbocycles. The van der Waals surface area contributed by atoms with E-state index in [1.807, 2.05) is 19.1 Å². The minimum atomic E-state index is -1.63. The molecule has 0 N–H and O–H groups in total. The summed E-state index contributed by atoms with van der Waals surface area (Å²) in [6.07, 6.45) is 12.0. The zero-order chi connectivity index (χ0) is 22.3. The summed E-state index contributed by atoms with van der Waals surface area (Å²) in [6.45, 7) is 3.89. The second kappa shape index (κ2) is 14.9. The van der Waals surface area contributed by atoms with E-state index in [1.165, 1.54) is 62.9 Å². The lowest BCUT2D eigenvalue weighted by Crippen LogP contribution is -2.24. The number of hydrogen-bond donors (Lipinski definition) is 0. The van der Waals surface area contributed by atoms with Gasteiger partial charge in [0.1, 0.15) is 12.8 Å². The molecule has 0 fully saturated rings. The van der Waals surface area contributed by atoms with E-state index in [1.54, 1.807) is 0 Å². The van der Waals surface area contributed by atoms with Crippen molar-refractivity contribution in [1.29, 1.82) is 0 Å². The van der Waals surface area contributed by atoms with Crippen LogP contribution in [0.4, 0.5) is 8.78 Å². The Kier molecular flexibility index (Phi) is 12.1. The van der Waals surface area contributed by atoms with Crippen molar-refractivity contribution in [3.63, 3.8) is 0 Å². The molecule has 0 aliphatic rings. The highest BCUT2D eigenvalue weighted by atomic mass is 19.2. The molecule has 2 aromatic rings. The second-order valence-electron chi connectivity index (χ2n) is 8.30. The zero-order valence-corrected chi connectivity index (χ0v) is 19.2. The van der Waals surface area contributed by atoms with Gasteiger partial charge in [-0.2, -0.15) is 0 Å². The standard InChI is InChI=1S/C26H38F2N2O/c1-3-5-7-8-9-10-11-12-21-14-16-22(17-15-21)26-29-18-23(19-30-26)31-20-25(28)24(27)13-6-4-2/h14-19,24-25H,3-13,20H2,1-2H3. The summed E-state index contributed by atoms with van der Waals surface area (Å²) in [5.41, 5.74) is 2.26. The van der Waals surface area contributed by atoms with E-state index in [0.29, 0.717) is 18.0 Å². The number of hydrogen-bond acceptors (Lipinski definition) is 3. The SMILES string of the molecule is CCCCCCCCCc1ccc(-c2ncc(OCC(F)C(F)CCCC)cn2)cc1. The predicted octanol–water partition coefficient (Wildman–Crippen LogP) is 7.68. The van der Waals surface area contributed by atoms with E-state index in [4.69, 9.17) is 4.74 Å². The molecule has 5 heteroatoms. The first kappa shape index (κ1) is 25.2. The third-order valence-electron chi connectivity index (χ3n) is 5.54. The van der Waals surface area contributed by atoms with Crippen LogP contribution >= 0.6 is 0 Å². The summed E-state index contributed by atoms with van der Waals surface area (Å²) in [7, 11) is 0. The summed E-state index contributed by atoms with van der Waals surface area (Å²) in [5.74, 6) is 0.947. The highest BCUT2D eigenvalue weighted by Gasteiger charge is 2.20. The Balaban J connectivity index is 1.74. The van der Waals surface area contributed by atoms with E-state index in [9.17, 15) is 8.78 Å². The monoisotopic (exact) mass is 432 g/mol. The van der Waals surface area contributed by atoms with Gasteiger partial charge in [-0.15, -0.1) is 0 Å². The number of nitrogens with zero attached hydrogens (tertiary/aromatic N) is 2. The Morgan fingerprint density at radius 1 is 0.774 bits per heavy atom. The topological polar surface area (TPSA) is 35.0 Å². The molecule has 0 spiro atoms. The highest BCUT2D eigenvalue weighted by molar-refractivity contribution is 5.55. The zero-order valence-electron chi connectivity index (χ0n) is 19.2. The summed E-state index contributed by atoms with van der Waals surface area (Å²) in [5, 5.41) is 0. The summed E-state index contributed by atoms with van der Waals surface area (Å²) in [4.78, 5) is 8.62. The number of benzene rings is 1. The van der Waals surface area contributed by atoms with E-state index in [-0.39, 0.29) is 13.0 Å². The molecular formula is C26H38F2N2O. The van der Waals surface area contributed by atoms with Gasteiger partial charge >= 0.3 is 0 Å². The van der Waals surface area contributed by atoms with Crippen molar-refractivity contribution in [3.8, 4) is 17.1 Å². The lowest BCUT2D eigenvalue weighted by atomic mass is 10.0. The lowest BCUT2D eigenvalue weighted by molar-refractivity contribution is 0.102. The number of alkyl halides is 2. The molecule has 0 saturated carbocycles. The van der Waals surface area contributed by atoms with Crippen LogP contribution in [-0.4, -0.2) is 28.9 Å². The fourth-order valence-corrected chi connectivity index (χ4v) is 3.51. The van der Waals surface area contributed by atoms with Gasteiger partial charge in [0.2, 0.25) is 0 Å². The van der Waals surface area contributed by atoms with Gasteiger partial charge in [-0.1, -0.05) is 89.5 Å². The van der Waals surface area contributed by atoms with E-state index in [2.05, 4.69) is 29.0 Å². The second-order valence-corrected chi connectivity index (χ2v) is 8.30. The van der Waals surface area contributed by atoms with Crippen LogP contribution in [0.25, 0.3) is 11.4 Å². The fraction of sp³-hybridized carbons (Fsp3) is 0.615. The first-order chi connectivity index (χ1) is 15.1. The van der Waals surface area contributed by atoms with Gasteiger partial charge in [-0.25, -0.2) is 18.7 Å². The number of aromatic nitrogens is 2. The first-order valence-electron chi connectivity index (χ1n) is 12.0. The van der Waals surface area contributed by atoms with E-state index >= 15 is 0 Å². The van der Waals surface area contributed by atoms with Crippen molar-refractivity contribution in [1.82, 2.24) is 9.97 Å². The molecule has 31 heavy (non-hydrogen) atoms. The van der Waals surface area contributed by atoms with Crippen molar-refractivity contribution in [2.75, 3.05) is 6.61 Å². The Morgan fingerprint density at radius 2 is 1.39 bits per heavy atom. The van der Waals surface area contributed by atoms with E-state index in [0.717, 1.165) is 18.4 Å². The Labute approximate surface area is 186 Å². The number of halogens is 2. The summed E-state index contributed by atoms with van der Waals surface area (Å²) < 4.78 is 32.8. The Morgan fingerprint density at radius 3 is 2.03 bits per heavy atom.